The first kappa shape index (κ1) is 10.5. The number of hydrogen-bond donors (Lipinski definition) is 1. The Kier molecular flexibility index (Phi) is 3.20. The minimum absolute atomic E-state index is 0.245. The highest BCUT2D eigenvalue weighted by molar-refractivity contribution is 14.2. The number of alkyl halides is 3. The van der Waals surface area contributed by atoms with E-state index >= 15 is 0 Å². The lowest BCUT2D eigenvalue weighted by molar-refractivity contribution is -0.127. The van der Waals surface area contributed by atoms with E-state index in [-0.39, 0.29) is 12.8 Å². The lowest BCUT2D eigenvalue weighted by Gasteiger charge is -2.36. The minimum atomic E-state index is -2.90. The molecule has 0 saturated heterocycles. The van der Waals surface area contributed by atoms with Crippen molar-refractivity contribution >= 4 is 25.2 Å². The van der Waals surface area contributed by atoms with Gasteiger partial charge in [0.05, 0.1) is 0 Å². The van der Waals surface area contributed by atoms with Gasteiger partial charge in [-0.1, -0.05) is 23.8 Å². The second-order valence-corrected chi connectivity index (χ2v) is 5.34. The van der Waals surface area contributed by atoms with E-state index < -0.39 is 30.3 Å². The number of hydrogen-bond acceptors (Lipinski definition) is 1. The monoisotopic (exact) mass is 290 g/mol. The van der Waals surface area contributed by atoms with E-state index in [2.05, 4.69) is 4.51 Å². The lowest BCUT2D eigenvalue weighted by atomic mass is 9.85. The van der Waals surface area contributed by atoms with Gasteiger partial charge in [0.1, 0.15) is 5.60 Å². The molecule has 0 amide bonds. The molecular formula is C8H13F2IO. The molecule has 4 heteroatoms. The normalized spacial score (nSPS) is 23.9. The zero-order chi connectivity index (χ0) is 9.24. The topological polar surface area (TPSA) is 20.2 Å². The summed E-state index contributed by atoms with van der Waals surface area (Å²) in [6.07, 6.45) is 2.89. The second kappa shape index (κ2) is 3.65. The Hall–Kier alpha value is 0.420. The Morgan fingerprint density at radius 3 is 2.17 bits per heavy atom. The average Bonchev–Trinajstić information content (AvgIpc) is 2.06. The Morgan fingerprint density at radius 1 is 1.25 bits per heavy atom. The van der Waals surface area contributed by atoms with Crippen LogP contribution in [-0.2, 0) is 0 Å². The van der Waals surface area contributed by atoms with E-state index in [4.69, 9.17) is 0 Å². The molecule has 0 atom stereocenters. The first-order chi connectivity index (χ1) is 5.52. The predicted molar refractivity (Wildman–Crippen MR) is 54.1 cm³/mol. The maximum absolute atomic E-state index is 13.2. The van der Waals surface area contributed by atoms with Crippen LogP contribution in [0.1, 0.15) is 32.1 Å². The third kappa shape index (κ3) is 1.84. The fraction of sp³-hybridized carbons (Fsp3) is 0.875. The van der Waals surface area contributed by atoms with Crippen molar-refractivity contribution in [3.63, 3.8) is 0 Å². The van der Waals surface area contributed by atoms with Crippen molar-refractivity contribution in [2.24, 2.45) is 0 Å². The van der Waals surface area contributed by atoms with Gasteiger partial charge >= 0.3 is 3.93 Å². The van der Waals surface area contributed by atoms with Gasteiger partial charge in [-0.15, -0.1) is 0 Å². The van der Waals surface area contributed by atoms with Crippen molar-refractivity contribution in [3.8, 4) is 0 Å². The summed E-state index contributed by atoms with van der Waals surface area (Å²) < 4.78 is 26.7. The molecule has 0 aromatic rings. The van der Waals surface area contributed by atoms with E-state index in [9.17, 15) is 13.9 Å². The molecular weight excluding hydrogens is 277 g/mol. The first-order valence-corrected chi connectivity index (χ1v) is 6.62. The van der Waals surface area contributed by atoms with Crippen molar-refractivity contribution in [1.82, 2.24) is 0 Å². The third-order valence-corrected chi connectivity index (χ3v) is 4.34. The largest absolute Gasteiger partial charge is 0.383 e. The van der Waals surface area contributed by atoms with Gasteiger partial charge < -0.3 is 5.11 Å². The van der Waals surface area contributed by atoms with Crippen LogP contribution in [0.2, 0.25) is 0 Å². The van der Waals surface area contributed by atoms with Gasteiger partial charge in [0.15, 0.2) is 0 Å². The molecule has 1 N–H and O–H groups in total. The molecule has 0 aromatic heterocycles. The molecule has 1 saturated carbocycles. The van der Waals surface area contributed by atoms with Crippen molar-refractivity contribution in [2.75, 3.05) is 0 Å². The molecule has 0 spiro atoms. The molecule has 0 aromatic carbocycles. The van der Waals surface area contributed by atoms with Gasteiger partial charge in [0.2, 0.25) is 0 Å². The predicted octanol–water partition coefficient (Wildman–Crippen LogP) is 2.68. The summed E-state index contributed by atoms with van der Waals surface area (Å²) in [5, 5.41) is 9.64. The molecule has 1 rings (SSSR count). The van der Waals surface area contributed by atoms with E-state index in [0.29, 0.717) is 0 Å². The van der Waals surface area contributed by atoms with E-state index in [1.165, 1.54) is 0 Å². The number of rotatable bonds is 2. The highest BCUT2D eigenvalue weighted by Gasteiger charge is 2.50. The molecule has 0 unspecified atom stereocenters. The van der Waals surface area contributed by atoms with Crippen LogP contribution in [0.3, 0.4) is 0 Å². The van der Waals surface area contributed by atoms with Crippen LogP contribution < -0.4 is 0 Å². The fourth-order valence-electron chi connectivity index (χ4n) is 1.54. The SMILES string of the molecule is C=IC(F)(F)C1(O)CCCCC1. The van der Waals surface area contributed by atoms with Crippen LogP contribution in [-0.4, -0.2) is 19.2 Å². The summed E-state index contributed by atoms with van der Waals surface area (Å²) in [5.74, 6) is 0. The molecule has 1 fully saturated rings. The lowest BCUT2D eigenvalue weighted by Crippen LogP contribution is -2.45. The first-order valence-electron chi connectivity index (χ1n) is 4.01. The molecule has 72 valence electrons. The van der Waals surface area contributed by atoms with Crippen molar-refractivity contribution in [3.05, 3.63) is 0 Å². The molecule has 0 aliphatic heterocycles. The van der Waals surface area contributed by atoms with Crippen molar-refractivity contribution in [2.45, 2.75) is 41.6 Å². The summed E-state index contributed by atoms with van der Waals surface area (Å²) in [6.45, 7) is 0. The number of aliphatic hydroxyl groups is 1. The van der Waals surface area contributed by atoms with Gasteiger partial charge in [0, 0.05) is 0 Å². The molecule has 1 aliphatic carbocycles. The van der Waals surface area contributed by atoms with Gasteiger partial charge in [-0.05, 0) is 33.6 Å². The van der Waals surface area contributed by atoms with Gasteiger partial charge in [-0.2, -0.15) is 8.78 Å². The summed E-state index contributed by atoms with van der Waals surface area (Å²) in [7, 11) is 0. The Bertz CT molecular complexity index is 176. The van der Waals surface area contributed by atoms with Crippen LogP contribution in [0.4, 0.5) is 8.78 Å². The molecule has 1 nitrogen and oxygen atoms in total. The smallest absolute Gasteiger partial charge is 0.319 e. The maximum Gasteiger partial charge on any atom is 0.319 e. The van der Waals surface area contributed by atoms with Gasteiger partial charge in [-0.25, -0.2) is 0 Å². The molecule has 0 radical (unpaired) electrons. The summed E-state index contributed by atoms with van der Waals surface area (Å²) in [5.41, 5.74) is -1.72. The number of halogens is 3. The average molecular weight is 290 g/mol. The Balaban J connectivity index is 2.74. The minimum Gasteiger partial charge on any atom is -0.383 e. The molecule has 0 bridgehead atoms. The Morgan fingerprint density at radius 2 is 1.75 bits per heavy atom. The summed E-state index contributed by atoms with van der Waals surface area (Å²) in [4.78, 5) is 0. The summed E-state index contributed by atoms with van der Waals surface area (Å²) in [6, 6.07) is 0. The van der Waals surface area contributed by atoms with Crippen LogP contribution in [0.5, 0.6) is 0 Å². The maximum atomic E-state index is 13.2. The zero-order valence-corrected chi connectivity index (χ0v) is 8.98. The third-order valence-electron chi connectivity index (χ3n) is 2.38. The fourth-order valence-corrected chi connectivity index (χ4v) is 2.79. The molecule has 12 heavy (non-hydrogen) atoms. The van der Waals surface area contributed by atoms with Gasteiger partial charge in [0.25, 0.3) is 0 Å². The van der Waals surface area contributed by atoms with E-state index in [0.717, 1.165) is 19.3 Å². The standard InChI is InChI=1S/C8H13F2IO/c1-11-8(9,10)7(12)5-3-2-4-6-7/h12H,1-6H2. The second-order valence-electron chi connectivity index (χ2n) is 3.22. The molecule has 1 aliphatic rings. The highest BCUT2D eigenvalue weighted by atomic mass is 127. The Labute approximate surface area is 80.9 Å². The van der Waals surface area contributed by atoms with Gasteiger partial charge in [-0.3, -0.25) is 0 Å². The molecule has 0 heterocycles. The quantitative estimate of drug-likeness (QED) is 0.612. The van der Waals surface area contributed by atoms with Crippen LogP contribution >= 0.6 is 20.7 Å². The van der Waals surface area contributed by atoms with Crippen molar-refractivity contribution in [1.29, 1.82) is 0 Å². The highest BCUT2D eigenvalue weighted by Crippen LogP contribution is 2.46. The summed E-state index contributed by atoms with van der Waals surface area (Å²) >= 11 is -1.45. The van der Waals surface area contributed by atoms with E-state index in [1.807, 2.05) is 0 Å². The van der Waals surface area contributed by atoms with Crippen LogP contribution in [0.25, 0.3) is 0 Å². The van der Waals surface area contributed by atoms with E-state index in [1.54, 1.807) is 0 Å². The zero-order valence-electron chi connectivity index (χ0n) is 6.82. The van der Waals surface area contributed by atoms with Crippen LogP contribution in [0.15, 0.2) is 0 Å². The van der Waals surface area contributed by atoms with Crippen LogP contribution in [0, 0.1) is 0 Å². The van der Waals surface area contributed by atoms with Crippen molar-refractivity contribution < 1.29 is 13.9 Å².